The molecule has 0 aliphatic rings. The predicted octanol–water partition coefficient (Wildman–Crippen LogP) is 4.82. The number of nitrogens with one attached hydrogen (secondary N) is 1. The maximum Gasteiger partial charge on any atom is 0.256 e. The molecule has 0 radical (unpaired) electrons. The monoisotopic (exact) mass is 403 g/mol. The standard InChI is InChI=1S/C13H8Br2ClNO2/c14-7-1-4-11(12(18)5-7)17-13(19)9-6-8(16)2-3-10(9)15/h1-6,18H,(H,17,19). The molecule has 0 heterocycles. The van der Waals surface area contributed by atoms with Crippen LogP contribution in [0.4, 0.5) is 5.69 Å². The van der Waals surface area contributed by atoms with E-state index >= 15 is 0 Å². The molecule has 19 heavy (non-hydrogen) atoms. The Bertz CT molecular complexity index is 647. The minimum atomic E-state index is -0.355. The van der Waals surface area contributed by atoms with Gasteiger partial charge in [-0.3, -0.25) is 4.79 Å². The Hall–Kier alpha value is -1.04. The zero-order chi connectivity index (χ0) is 14.0. The number of carbonyl (C=O) groups excluding carboxylic acids is 1. The Kier molecular flexibility index (Phi) is 4.50. The molecule has 0 saturated carbocycles. The Labute approximate surface area is 131 Å². The molecule has 2 aromatic carbocycles. The number of aromatic hydroxyl groups is 1. The van der Waals surface area contributed by atoms with Crippen LogP contribution in [0.15, 0.2) is 45.3 Å². The molecule has 0 unspecified atom stereocenters. The highest BCUT2D eigenvalue weighted by atomic mass is 79.9. The number of hydrogen-bond acceptors (Lipinski definition) is 2. The zero-order valence-corrected chi connectivity index (χ0v) is 13.4. The summed E-state index contributed by atoms with van der Waals surface area (Å²) in [4.78, 5) is 12.1. The Morgan fingerprint density at radius 1 is 1.16 bits per heavy atom. The molecule has 98 valence electrons. The average molecular weight is 405 g/mol. The van der Waals surface area contributed by atoms with E-state index in [1.165, 1.54) is 6.07 Å². The fourth-order valence-corrected chi connectivity index (χ4v) is 2.42. The van der Waals surface area contributed by atoms with E-state index in [2.05, 4.69) is 37.2 Å². The molecule has 0 spiro atoms. The second-order valence-corrected chi connectivity index (χ2v) is 5.95. The predicted molar refractivity (Wildman–Crippen MR) is 82.9 cm³/mol. The minimum absolute atomic E-state index is 0.0131. The molecule has 0 saturated heterocycles. The first-order valence-electron chi connectivity index (χ1n) is 5.22. The molecule has 0 atom stereocenters. The van der Waals surface area contributed by atoms with Gasteiger partial charge >= 0.3 is 0 Å². The van der Waals surface area contributed by atoms with Gasteiger partial charge in [0.1, 0.15) is 5.75 Å². The molecular formula is C13H8Br2ClNO2. The number of hydrogen-bond donors (Lipinski definition) is 2. The molecule has 0 bridgehead atoms. The van der Waals surface area contributed by atoms with E-state index < -0.39 is 0 Å². The van der Waals surface area contributed by atoms with Crippen LogP contribution in [0, 0.1) is 0 Å². The maximum absolute atomic E-state index is 12.1. The average Bonchev–Trinajstić information content (AvgIpc) is 2.35. The summed E-state index contributed by atoms with van der Waals surface area (Å²) in [7, 11) is 0. The molecule has 0 aliphatic heterocycles. The van der Waals surface area contributed by atoms with Crippen molar-refractivity contribution in [2.45, 2.75) is 0 Å². The molecule has 1 amide bonds. The summed E-state index contributed by atoms with van der Waals surface area (Å²) in [5, 5.41) is 12.8. The maximum atomic E-state index is 12.1. The highest BCUT2D eigenvalue weighted by Crippen LogP contribution is 2.28. The fourth-order valence-electron chi connectivity index (χ4n) is 1.47. The SMILES string of the molecule is O=C(Nc1ccc(Br)cc1O)c1cc(Cl)ccc1Br. The number of halogens is 3. The van der Waals surface area contributed by atoms with E-state index in [0.29, 0.717) is 20.7 Å². The van der Waals surface area contributed by atoms with Crippen LogP contribution >= 0.6 is 43.5 Å². The minimum Gasteiger partial charge on any atom is -0.506 e. The number of carbonyl (C=O) groups is 1. The molecule has 3 nitrogen and oxygen atoms in total. The van der Waals surface area contributed by atoms with Gasteiger partial charge in [-0.05, 0) is 52.3 Å². The highest BCUT2D eigenvalue weighted by Gasteiger charge is 2.12. The topological polar surface area (TPSA) is 49.3 Å². The van der Waals surface area contributed by atoms with Crippen LogP contribution < -0.4 is 5.32 Å². The summed E-state index contributed by atoms with van der Waals surface area (Å²) >= 11 is 12.4. The van der Waals surface area contributed by atoms with Crippen LogP contribution in [0.3, 0.4) is 0 Å². The van der Waals surface area contributed by atoms with Crippen LogP contribution in [0.1, 0.15) is 10.4 Å². The van der Waals surface area contributed by atoms with Crippen LogP contribution in [0.25, 0.3) is 0 Å². The summed E-state index contributed by atoms with van der Waals surface area (Å²) in [6.45, 7) is 0. The first kappa shape index (κ1) is 14.4. The lowest BCUT2D eigenvalue weighted by Gasteiger charge is -2.09. The van der Waals surface area contributed by atoms with E-state index in [9.17, 15) is 9.90 Å². The van der Waals surface area contributed by atoms with Gasteiger partial charge in [0.25, 0.3) is 5.91 Å². The number of rotatable bonds is 2. The quantitative estimate of drug-likeness (QED) is 0.704. The van der Waals surface area contributed by atoms with E-state index in [1.54, 1.807) is 30.3 Å². The highest BCUT2D eigenvalue weighted by molar-refractivity contribution is 9.10. The van der Waals surface area contributed by atoms with Gasteiger partial charge in [-0.25, -0.2) is 0 Å². The molecular weight excluding hydrogens is 397 g/mol. The number of phenolic OH excluding ortho intramolecular Hbond substituents is 1. The normalized spacial score (nSPS) is 10.3. The molecule has 2 rings (SSSR count). The second kappa shape index (κ2) is 5.94. The van der Waals surface area contributed by atoms with Gasteiger partial charge < -0.3 is 10.4 Å². The molecule has 0 aromatic heterocycles. The molecule has 0 aliphatic carbocycles. The van der Waals surface area contributed by atoms with Crippen molar-refractivity contribution < 1.29 is 9.90 Å². The van der Waals surface area contributed by atoms with Crippen molar-refractivity contribution in [1.82, 2.24) is 0 Å². The first-order chi connectivity index (χ1) is 8.97. The van der Waals surface area contributed by atoms with Gasteiger partial charge in [0.2, 0.25) is 0 Å². The number of amides is 1. The molecule has 2 N–H and O–H groups in total. The van der Waals surface area contributed by atoms with Crippen molar-refractivity contribution in [1.29, 1.82) is 0 Å². The Balaban J connectivity index is 2.28. The van der Waals surface area contributed by atoms with Gasteiger partial charge in [-0.2, -0.15) is 0 Å². The summed E-state index contributed by atoms with van der Waals surface area (Å²) in [6, 6.07) is 9.76. The molecule has 0 fully saturated rings. The molecule has 2 aromatic rings. The van der Waals surface area contributed by atoms with Crippen LogP contribution in [-0.2, 0) is 0 Å². The molecule has 6 heteroatoms. The lowest BCUT2D eigenvalue weighted by atomic mass is 10.2. The van der Waals surface area contributed by atoms with Crippen molar-refractivity contribution in [2.24, 2.45) is 0 Å². The number of benzene rings is 2. The van der Waals surface area contributed by atoms with Crippen molar-refractivity contribution in [2.75, 3.05) is 5.32 Å². The number of phenols is 1. The largest absolute Gasteiger partial charge is 0.506 e. The lowest BCUT2D eigenvalue weighted by Crippen LogP contribution is -2.12. The van der Waals surface area contributed by atoms with Crippen LogP contribution in [0.5, 0.6) is 5.75 Å². The first-order valence-corrected chi connectivity index (χ1v) is 7.18. The van der Waals surface area contributed by atoms with Crippen molar-refractivity contribution in [3.05, 3.63) is 55.9 Å². The van der Waals surface area contributed by atoms with E-state index in [-0.39, 0.29) is 11.7 Å². The fraction of sp³-hybridized carbons (Fsp3) is 0. The third-order valence-electron chi connectivity index (χ3n) is 2.38. The second-order valence-electron chi connectivity index (χ2n) is 3.74. The Morgan fingerprint density at radius 3 is 2.58 bits per heavy atom. The third-order valence-corrected chi connectivity index (χ3v) is 3.80. The van der Waals surface area contributed by atoms with Gasteiger partial charge in [0.05, 0.1) is 11.3 Å². The van der Waals surface area contributed by atoms with Gasteiger partial charge in [-0.15, -0.1) is 0 Å². The summed E-state index contributed by atoms with van der Waals surface area (Å²) in [5.41, 5.74) is 0.731. The van der Waals surface area contributed by atoms with E-state index in [1.807, 2.05) is 0 Å². The van der Waals surface area contributed by atoms with Crippen LogP contribution in [-0.4, -0.2) is 11.0 Å². The lowest BCUT2D eigenvalue weighted by molar-refractivity contribution is 0.102. The van der Waals surface area contributed by atoms with Gasteiger partial charge in [0, 0.05) is 14.0 Å². The van der Waals surface area contributed by atoms with Crippen molar-refractivity contribution in [3.8, 4) is 5.75 Å². The van der Waals surface area contributed by atoms with E-state index in [4.69, 9.17) is 11.6 Å². The smallest absolute Gasteiger partial charge is 0.256 e. The summed E-state index contributed by atoms with van der Waals surface area (Å²) in [5.74, 6) is -0.368. The Morgan fingerprint density at radius 2 is 1.89 bits per heavy atom. The zero-order valence-electron chi connectivity index (χ0n) is 9.45. The van der Waals surface area contributed by atoms with Gasteiger partial charge in [0.15, 0.2) is 0 Å². The summed E-state index contributed by atoms with van der Waals surface area (Å²) in [6.07, 6.45) is 0. The van der Waals surface area contributed by atoms with Gasteiger partial charge in [-0.1, -0.05) is 27.5 Å². The van der Waals surface area contributed by atoms with Crippen LogP contribution in [0.2, 0.25) is 5.02 Å². The summed E-state index contributed by atoms with van der Waals surface area (Å²) < 4.78 is 1.36. The number of anilines is 1. The van der Waals surface area contributed by atoms with Crippen molar-refractivity contribution in [3.63, 3.8) is 0 Å². The van der Waals surface area contributed by atoms with Crippen molar-refractivity contribution >= 4 is 55.1 Å². The third kappa shape index (κ3) is 3.49. The van der Waals surface area contributed by atoms with E-state index in [0.717, 1.165) is 4.47 Å².